The smallest absolute Gasteiger partial charge is 0.356 e. The number of carboxylic acid groups (broad SMARTS) is 1. The number of aromatic carboxylic acids is 1. The van der Waals surface area contributed by atoms with Crippen LogP contribution in [0.15, 0.2) is 34.8 Å². The minimum atomic E-state index is -1.07. The minimum absolute atomic E-state index is 0.0133. The molecule has 0 amide bonds. The number of rotatable bonds is 9. The average molecular weight is 420 g/mol. The number of aromatic nitrogens is 2. The Kier molecular flexibility index (Phi) is 6.21. The van der Waals surface area contributed by atoms with E-state index in [-0.39, 0.29) is 11.7 Å². The number of hydrogen-bond donors (Lipinski definition) is 2. The lowest BCUT2D eigenvalue weighted by Crippen LogP contribution is -2.22. The van der Waals surface area contributed by atoms with Gasteiger partial charge in [-0.15, -0.1) is 5.10 Å². The van der Waals surface area contributed by atoms with Gasteiger partial charge < -0.3 is 15.2 Å². The summed E-state index contributed by atoms with van der Waals surface area (Å²) < 4.78 is 6.98. The fraction of sp³-hybridized carbons (Fsp3) is 0.421. The lowest BCUT2D eigenvalue weighted by atomic mass is 10.1. The Balaban J connectivity index is 1.67. The predicted molar refractivity (Wildman–Crippen MR) is 101 cm³/mol. The van der Waals surface area contributed by atoms with E-state index in [0.29, 0.717) is 12.5 Å². The van der Waals surface area contributed by atoms with Crippen LogP contribution in [0.5, 0.6) is 5.75 Å². The van der Waals surface area contributed by atoms with Crippen LogP contribution in [0.3, 0.4) is 0 Å². The number of ether oxygens (including phenoxy) is 1. The van der Waals surface area contributed by atoms with Gasteiger partial charge in [0.2, 0.25) is 0 Å². The molecule has 0 bridgehead atoms. The summed E-state index contributed by atoms with van der Waals surface area (Å²) in [5, 5.41) is 20.2. The summed E-state index contributed by atoms with van der Waals surface area (Å²) in [7, 11) is 0. The van der Waals surface area contributed by atoms with Gasteiger partial charge in [0.05, 0.1) is 18.3 Å². The number of carbonyl (C=O) groups is 1. The van der Waals surface area contributed by atoms with Crippen molar-refractivity contribution in [2.45, 2.75) is 38.8 Å². The van der Waals surface area contributed by atoms with E-state index >= 15 is 0 Å². The van der Waals surface area contributed by atoms with Gasteiger partial charge in [-0.1, -0.05) is 22.9 Å². The standard InChI is InChI=1S/C19H22BrN3O3/c1-2-15(16-6-7-17(19(24)25)23-22-16)21-10-13-9-14(20)5-8-18(13)26-11-12-3-4-12/h5-9,12,15,21H,2-4,10-11H2,1H3,(H,24,25). The first-order valence-electron chi connectivity index (χ1n) is 8.78. The highest BCUT2D eigenvalue weighted by molar-refractivity contribution is 9.10. The number of nitrogens with zero attached hydrogens (tertiary/aromatic N) is 2. The van der Waals surface area contributed by atoms with E-state index in [0.717, 1.165) is 34.5 Å². The Morgan fingerprint density at radius 1 is 1.35 bits per heavy atom. The Morgan fingerprint density at radius 3 is 2.77 bits per heavy atom. The topological polar surface area (TPSA) is 84.3 Å². The molecule has 1 saturated carbocycles. The van der Waals surface area contributed by atoms with Gasteiger partial charge in [-0.2, -0.15) is 5.10 Å². The van der Waals surface area contributed by atoms with Gasteiger partial charge >= 0.3 is 5.97 Å². The van der Waals surface area contributed by atoms with Crippen molar-refractivity contribution in [2.24, 2.45) is 5.92 Å². The van der Waals surface area contributed by atoms with E-state index in [1.54, 1.807) is 6.07 Å². The lowest BCUT2D eigenvalue weighted by Gasteiger charge is -2.18. The van der Waals surface area contributed by atoms with E-state index in [1.165, 1.54) is 18.9 Å². The van der Waals surface area contributed by atoms with Crippen LogP contribution >= 0.6 is 15.9 Å². The van der Waals surface area contributed by atoms with E-state index in [4.69, 9.17) is 9.84 Å². The highest BCUT2D eigenvalue weighted by Gasteiger charge is 2.22. The molecule has 138 valence electrons. The molecule has 2 aromatic rings. The summed E-state index contributed by atoms with van der Waals surface area (Å²) >= 11 is 3.52. The molecular formula is C19H22BrN3O3. The van der Waals surface area contributed by atoms with Crippen molar-refractivity contribution in [3.05, 3.63) is 51.8 Å². The van der Waals surface area contributed by atoms with Gasteiger partial charge in [0.1, 0.15) is 5.75 Å². The highest BCUT2D eigenvalue weighted by atomic mass is 79.9. The quantitative estimate of drug-likeness (QED) is 0.639. The van der Waals surface area contributed by atoms with Crippen LogP contribution in [0.2, 0.25) is 0 Å². The molecule has 0 spiro atoms. The zero-order chi connectivity index (χ0) is 18.5. The van der Waals surface area contributed by atoms with Crippen LogP contribution in [0, 0.1) is 5.92 Å². The molecule has 1 heterocycles. The zero-order valence-corrected chi connectivity index (χ0v) is 16.2. The van der Waals surface area contributed by atoms with Crippen molar-refractivity contribution in [3.63, 3.8) is 0 Å². The second-order valence-corrected chi connectivity index (χ2v) is 7.41. The van der Waals surface area contributed by atoms with E-state index in [9.17, 15) is 4.79 Å². The molecule has 1 fully saturated rings. The van der Waals surface area contributed by atoms with Crippen molar-refractivity contribution in [3.8, 4) is 5.75 Å². The van der Waals surface area contributed by atoms with Gasteiger partial charge in [0, 0.05) is 16.6 Å². The molecule has 0 saturated heterocycles. The van der Waals surface area contributed by atoms with Crippen LogP contribution < -0.4 is 10.1 Å². The van der Waals surface area contributed by atoms with E-state index in [1.807, 2.05) is 12.1 Å². The molecule has 3 rings (SSSR count). The second-order valence-electron chi connectivity index (χ2n) is 6.50. The number of carboxylic acids is 1. The number of nitrogens with one attached hydrogen (secondary N) is 1. The third-order valence-electron chi connectivity index (χ3n) is 4.40. The summed E-state index contributed by atoms with van der Waals surface area (Å²) in [5.74, 6) is 0.525. The van der Waals surface area contributed by atoms with Crippen LogP contribution in [-0.2, 0) is 6.54 Å². The van der Waals surface area contributed by atoms with Crippen molar-refractivity contribution in [1.82, 2.24) is 15.5 Å². The van der Waals surface area contributed by atoms with E-state index in [2.05, 4.69) is 44.4 Å². The molecule has 1 aliphatic rings. The molecule has 1 atom stereocenters. The number of halogens is 1. The van der Waals surface area contributed by atoms with Crippen molar-refractivity contribution in [1.29, 1.82) is 0 Å². The van der Waals surface area contributed by atoms with E-state index < -0.39 is 5.97 Å². The predicted octanol–water partition coefficient (Wildman–Crippen LogP) is 3.97. The molecule has 7 heteroatoms. The van der Waals surface area contributed by atoms with Gasteiger partial charge in [0.25, 0.3) is 0 Å². The fourth-order valence-corrected chi connectivity index (χ4v) is 3.06. The van der Waals surface area contributed by atoms with Crippen LogP contribution in [0.4, 0.5) is 0 Å². The number of hydrogen-bond acceptors (Lipinski definition) is 5. The third-order valence-corrected chi connectivity index (χ3v) is 4.90. The molecule has 1 unspecified atom stereocenters. The SMILES string of the molecule is CCC(NCc1cc(Br)ccc1OCC1CC1)c1ccc(C(=O)O)nn1. The first-order chi connectivity index (χ1) is 12.6. The second kappa shape index (κ2) is 8.60. The lowest BCUT2D eigenvalue weighted by molar-refractivity contribution is 0.0689. The molecule has 2 N–H and O–H groups in total. The summed E-state index contributed by atoms with van der Waals surface area (Å²) in [6, 6.07) is 9.22. The maximum absolute atomic E-state index is 10.9. The molecule has 26 heavy (non-hydrogen) atoms. The summed E-state index contributed by atoms with van der Waals surface area (Å²) in [5.41, 5.74) is 1.76. The van der Waals surface area contributed by atoms with Gasteiger partial charge in [-0.05, 0) is 55.5 Å². The third kappa shape index (κ3) is 5.02. The Morgan fingerprint density at radius 2 is 2.15 bits per heavy atom. The maximum atomic E-state index is 10.9. The number of benzene rings is 1. The minimum Gasteiger partial charge on any atom is -0.493 e. The van der Waals surface area contributed by atoms with Crippen LogP contribution in [-0.4, -0.2) is 27.9 Å². The molecule has 1 aliphatic carbocycles. The molecular weight excluding hydrogens is 398 g/mol. The molecule has 0 aliphatic heterocycles. The molecule has 1 aromatic heterocycles. The Labute approximate surface area is 161 Å². The average Bonchev–Trinajstić information content (AvgIpc) is 3.46. The Bertz CT molecular complexity index is 763. The van der Waals surface area contributed by atoms with Crippen LogP contribution in [0.25, 0.3) is 0 Å². The maximum Gasteiger partial charge on any atom is 0.356 e. The van der Waals surface area contributed by atoms with Gasteiger partial charge in [0.15, 0.2) is 5.69 Å². The summed E-state index contributed by atoms with van der Waals surface area (Å²) in [4.78, 5) is 10.9. The molecule has 6 nitrogen and oxygen atoms in total. The highest BCUT2D eigenvalue weighted by Crippen LogP contribution is 2.31. The normalized spacial score (nSPS) is 14.8. The molecule has 1 aromatic carbocycles. The Hall–Kier alpha value is -1.99. The summed E-state index contributed by atoms with van der Waals surface area (Å²) in [6.45, 7) is 3.45. The first kappa shape index (κ1) is 18.8. The fourth-order valence-electron chi connectivity index (χ4n) is 2.65. The monoisotopic (exact) mass is 419 g/mol. The largest absolute Gasteiger partial charge is 0.493 e. The van der Waals surface area contributed by atoms with Gasteiger partial charge in [-0.3, -0.25) is 0 Å². The molecule has 0 radical (unpaired) electrons. The first-order valence-corrected chi connectivity index (χ1v) is 9.57. The van der Waals surface area contributed by atoms with Crippen molar-refractivity contribution >= 4 is 21.9 Å². The van der Waals surface area contributed by atoms with Crippen molar-refractivity contribution < 1.29 is 14.6 Å². The van der Waals surface area contributed by atoms with Crippen molar-refractivity contribution in [2.75, 3.05) is 6.61 Å². The summed E-state index contributed by atoms with van der Waals surface area (Å²) in [6.07, 6.45) is 3.33. The van der Waals surface area contributed by atoms with Crippen LogP contribution in [0.1, 0.15) is 54.0 Å². The zero-order valence-electron chi connectivity index (χ0n) is 14.6. The van der Waals surface area contributed by atoms with Gasteiger partial charge in [-0.25, -0.2) is 4.79 Å².